The molecule has 1 amide bonds. The van der Waals surface area contributed by atoms with E-state index in [1.54, 1.807) is 12.3 Å². The zero-order valence-electron chi connectivity index (χ0n) is 17.0. The molecule has 1 N–H and O–H groups in total. The van der Waals surface area contributed by atoms with Crippen LogP contribution in [-0.4, -0.2) is 40.1 Å². The van der Waals surface area contributed by atoms with E-state index in [1.165, 1.54) is 18.2 Å². The SMILES string of the molecule is CCOc1cc2nc([C@]34CCOC[C@H]3C4)cn2cc1NC(=O)c1cccc(C(F)F)n1. The Labute approximate surface area is 177 Å². The summed E-state index contributed by atoms with van der Waals surface area (Å²) in [5.41, 5.74) is 1.72. The highest BCUT2D eigenvalue weighted by molar-refractivity contribution is 6.03. The van der Waals surface area contributed by atoms with Gasteiger partial charge in [0.1, 0.15) is 28.5 Å². The van der Waals surface area contributed by atoms with Crippen molar-refractivity contribution in [1.29, 1.82) is 0 Å². The number of ether oxygens (including phenoxy) is 2. The molecule has 0 spiro atoms. The molecular formula is C22H22F2N4O3. The quantitative estimate of drug-likeness (QED) is 0.642. The smallest absolute Gasteiger partial charge is 0.280 e. The molecule has 3 aromatic heterocycles. The maximum Gasteiger partial charge on any atom is 0.280 e. The summed E-state index contributed by atoms with van der Waals surface area (Å²) in [6.45, 7) is 3.75. The second kappa shape index (κ2) is 7.56. The summed E-state index contributed by atoms with van der Waals surface area (Å²) >= 11 is 0. The number of carbonyl (C=O) groups excluding carboxylic acids is 1. The normalized spacial score (nSPS) is 22.4. The third-order valence-electron chi connectivity index (χ3n) is 6.08. The molecular weight excluding hydrogens is 406 g/mol. The third-order valence-corrected chi connectivity index (χ3v) is 6.08. The number of hydrogen-bond acceptors (Lipinski definition) is 5. The highest BCUT2D eigenvalue weighted by Gasteiger charge is 2.58. The summed E-state index contributed by atoms with van der Waals surface area (Å²) in [5.74, 6) is 0.376. The number of pyridine rings is 2. The van der Waals surface area contributed by atoms with Crippen LogP contribution in [-0.2, 0) is 10.2 Å². The number of alkyl halides is 2. The molecule has 5 rings (SSSR count). The Balaban J connectivity index is 1.46. The van der Waals surface area contributed by atoms with Gasteiger partial charge in [-0.2, -0.15) is 0 Å². The topological polar surface area (TPSA) is 77.8 Å². The summed E-state index contributed by atoms with van der Waals surface area (Å²) in [4.78, 5) is 21.3. The Kier molecular flexibility index (Phi) is 4.85. The molecule has 1 saturated heterocycles. The van der Waals surface area contributed by atoms with Crippen molar-refractivity contribution in [3.8, 4) is 5.75 Å². The van der Waals surface area contributed by atoms with Gasteiger partial charge in [0.15, 0.2) is 0 Å². The number of nitrogens with zero attached hydrogens (tertiary/aromatic N) is 3. The molecule has 3 aromatic rings. The third kappa shape index (κ3) is 3.52. The van der Waals surface area contributed by atoms with Crippen LogP contribution in [0.4, 0.5) is 14.5 Å². The summed E-state index contributed by atoms with van der Waals surface area (Å²) in [6, 6.07) is 5.75. The number of hydrogen-bond donors (Lipinski definition) is 1. The van der Waals surface area contributed by atoms with Crippen LogP contribution in [0.15, 0.2) is 36.7 Å². The molecule has 2 atom stereocenters. The molecule has 2 aliphatic rings. The van der Waals surface area contributed by atoms with Gasteiger partial charge in [-0.25, -0.2) is 18.7 Å². The number of nitrogens with one attached hydrogen (secondary N) is 1. The molecule has 1 saturated carbocycles. The largest absolute Gasteiger partial charge is 0.491 e. The highest BCUT2D eigenvalue weighted by atomic mass is 19.3. The van der Waals surface area contributed by atoms with Crippen LogP contribution in [0.3, 0.4) is 0 Å². The van der Waals surface area contributed by atoms with E-state index >= 15 is 0 Å². The van der Waals surface area contributed by atoms with Crippen LogP contribution in [0.1, 0.15) is 48.1 Å². The minimum Gasteiger partial charge on any atom is -0.491 e. The summed E-state index contributed by atoms with van der Waals surface area (Å²) in [5, 5.41) is 2.74. The van der Waals surface area contributed by atoms with E-state index in [0.29, 0.717) is 24.0 Å². The minimum atomic E-state index is -2.75. The first-order valence-electron chi connectivity index (χ1n) is 10.3. The molecule has 0 bridgehead atoms. The van der Waals surface area contributed by atoms with E-state index in [9.17, 15) is 13.6 Å². The predicted octanol–water partition coefficient (Wildman–Crippen LogP) is 4.00. The zero-order valence-corrected chi connectivity index (χ0v) is 17.0. The van der Waals surface area contributed by atoms with Gasteiger partial charge in [0.25, 0.3) is 12.3 Å². The van der Waals surface area contributed by atoms with Crippen LogP contribution < -0.4 is 10.1 Å². The van der Waals surface area contributed by atoms with Crippen LogP contribution in [0.2, 0.25) is 0 Å². The monoisotopic (exact) mass is 428 g/mol. The Morgan fingerprint density at radius 1 is 1.39 bits per heavy atom. The summed E-state index contributed by atoms with van der Waals surface area (Å²) in [7, 11) is 0. The number of imidazole rings is 1. The molecule has 4 heterocycles. The van der Waals surface area contributed by atoms with Crippen LogP contribution in [0.25, 0.3) is 5.65 Å². The standard InChI is InChI=1S/C22H22F2N4O3/c1-2-31-17-8-19-27-18(22-6-7-30-12-13(22)9-22)11-28(19)10-16(17)26-21(29)15-5-3-4-14(25-15)20(23)24/h3-5,8,10-11,13,20H,2,6-7,9,12H2,1H3,(H,26,29)/t13-,22+/m1/s1. The molecule has 0 radical (unpaired) electrons. The molecule has 1 aliphatic heterocycles. The number of carbonyl (C=O) groups is 1. The molecule has 0 unspecified atom stereocenters. The number of amides is 1. The van der Waals surface area contributed by atoms with Gasteiger partial charge in [-0.15, -0.1) is 0 Å². The van der Waals surface area contributed by atoms with Crippen molar-refractivity contribution in [3.05, 3.63) is 53.7 Å². The van der Waals surface area contributed by atoms with Gasteiger partial charge in [0.2, 0.25) is 0 Å². The van der Waals surface area contributed by atoms with Crippen molar-refractivity contribution in [1.82, 2.24) is 14.4 Å². The van der Waals surface area contributed by atoms with E-state index in [2.05, 4.69) is 10.3 Å². The Hall–Kier alpha value is -3.07. The fraction of sp³-hybridized carbons (Fsp3) is 0.409. The molecule has 162 valence electrons. The maximum absolute atomic E-state index is 12.9. The number of aromatic nitrogens is 3. The molecule has 7 nitrogen and oxygen atoms in total. The van der Waals surface area contributed by atoms with Crippen LogP contribution in [0.5, 0.6) is 5.75 Å². The van der Waals surface area contributed by atoms with Crippen molar-refractivity contribution < 1.29 is 23.0 Å². The van der Waals surface area contributed by atoms with Gasteiger partial charge in [0, 0.05) is 30.5 Å². The lowest BCUT2D eigenvalue weighted by molar-refractivity contribution is 0.0795. The first-order chi connectivity index (χ1) is 15.0. The van der Waals surface area contributed by atoms with Crippen LogP contribution >= 0.6 is 0 Å². The fourth-order valence-corrected chi connectivity index (χ4v) is 4.34. The van der Waals surface area contributed by atoms with Gasteiger partial charge in [-0.05, 0) is 37.8 Å². The van der Waals surface area contributed by atoms with Crippen molar-refractivity contribution in [2.45, 2.75) is 31.6 Å². The summed E-state index contributed by atoms with van der Waals surface area (Å²) < 4.78 is 39.0. The summed E-state index contributed by atoms with van der Waals surface area (Å²) in [6.07, 6.45) is 3.00. The van der Waals surface area contributed by atoms with E-state index < -0.39 is 18.0 Å². The maximum atomic E-state index is 12.9. The Bertz CT molecular complexity index is 1150. The van der Waals surface area contributed by atoms with Gasteiger partial charge >= 0.3 is 0 Å². The highest BCUT2D eigenvalue weighted by Crippen LogP contribution is 2.58. The average Bonchev–Trinajstić information content (AvgIpc) is 3.39. The lowest BCUT2D eigenvalue weighted by Crippen LogP contribution is -2.21. The second-order valence-corrected chi connectivity index (χ2v) is 7.96. The van der Waals surface area contributed by atoms with E-state index in [4.69, 9.17) is 14.5 Å². The number of rotatable bonds is 6. The molecule has 1 aliphatic carbocycles. The van der Waals surface area contributed by atoms with Crippen LogP contribution in [0, 0.1) is 5.92 Å². The second-order valence-electron chi connectivity index (χ2n) is 7.96. The van der Waals surface area contributed by atoms with E-state index in [1.807, 2.05) is 17.5 Å². The van der Waals surface area contributed by atoms with Crippen molar-refractivity contribution in [2.75, 3.05) is 25.1 Å². The minimum absolute atomic E-state index is 0.0824. The van der Waals surface area contributed by atoms with Crippen molar-refractivity contribution in [2.24, 2.45) is 5.92 Å². The molecule has 31 heavy (non-hydrogen) atoms. The first kappa shape index (κ1) is 19.9. The first-order valence-corrected chi connectivity index (χ1v) is 10.3. The number of anilines is 1. The number of fused-ring (bicyclic) bond motifs is 2. The lowest BCUT2D eigenvalue weighted by atomic mass is 9.95. The predicted molar refractivity (Wildman–Crippen MR) is 109 cm³/mol. The molecule has 2 fully saturated rings. The number of halogens is 2. The van der Waals surface area contributed by atoms with E-state index in [-0.39, 0.29) is 11.1 Å². The average molecular weight is 428 g/mol. The lowest BCUT2D eigenvalue weighted by Gasteiger charge is -2.19. The van der Waals surface area contributed by atoms with Gasteiger partial charge in [0.05, 0.1) is 18.9 Å². The van der Waals surface area contributed by atoms with Gasteiger partial charge in [-0.1, -0.05) is 6.07 Å². The van der Waals surface area contributed by atoms with Gasteiger partial charge < -0.3 is 19.2 Å². The Morgan fingerprint density at radius 3 is 3.03 bits per heavy atom. The van der Waals surface area contributed by atoms with Crippen molar-refractivity contribution >= 4 is 17.2 Å². The molecule has 0 aromatic carbocycles. The van der Waals surface area contributed by atoms with Gasteiger partial charge in [-0.3, -0.25) is 4.79 Å². The Morgan fingerprint density at radius 2 is 2.26 bits per heavy atom. The molecule has 9 heteroatoms. The zero-order chi connectivity index (χ0) is 21.6. The van der Waals surface area contributed by atoms with E-state index in [0.717, 1.165) is 37.4 Å². The fourth-order valence-electron chi connectivity index (χ4n) is 4.34. The van der Waals surface area contributed by atoms with Crippen molar-refractivity contribution in [3.63, 3.8) is 0 Å².